The minimum Gasteiger partial charge on any atom is -0.399 e. The van der Waals surface area contributed by atoms with Crippen LogP contribution in [0.5, 0.6) is 0 Å². The van der Waals surface area contributed by atoms with Gasteiger partial charge in [0, 0.05) is 17.9 Å². The summed E-state index contributed by atoms with van der Waals surface area (Å²) in [4.78, 5) is 1.12. The van der Waals surface area contributed by atoms with Gasteiger partial charge in [-0.1, -0.05) is 0 Å². The number of aryl methyl sites for hydroxylation is 1. The van der Waals surface area contributed by atoms with Crippen molar-refractivity contribution in [3.05, 3.63) is 23.8 Å². The summed E-state index contributed by atoms with van der Waals surface area (Å²) in [5.41, 5.74) is 7.79. The molecule has 0 amide bonds. The standard InChI is InChI=1S/C10H12F2N2/c11-10(12)14-5-1-2-7-6-8(13)3-4-9(7)14/h3-4,6,10H,1-2,5,13H2. The van der Waals surface area contributed by atoms with Crippen molar-refractivity contribution < 1.29 is 8.78 Å². The number of halogens is 2. The number of anilines is 2. The van der Waals surface area contributed by atoms with Gasteiger partial charge in [-0.05, 0) is 36.6 Å². The maximum atomic E-state index is 12.6. The van der Waals surface area contributed by atoms with Gasteiger partial charge in [-0.2, -0.15) is 8.78 Å². The molecule has 1 aromatic carbocycles. The molecule has 76 valence electrons. The summed E-state index contributed by atoms with van der Waals surface area (Å²) >= 11 is 0. The van der Waals surface area contributed by atoms with Crippen molar-refractivity contribution in [2.24, 2.45) is 0 Å². The molecule has 1 aliphatic rings. The van der Waals surface area contributed by atoms with Crippen molar-refractivity contribution >= 4 is 11.4 Å². The Balaban J connectivity index is 2.40. The van der Waals surface area contributed by atoms with Gasteiger partial charge in [0.1, 0.15) is 0 Å². The lowest BCUT2D eigenvalue weighted by Crippen LogP contribution is -2.33. The second kappa shape index (κ2) is 3.44. The number of hydrogen-bond donors (Lipinski definition) is 1. The number of nitrogens with two attached hydrogens (primary N) is 1. The first-order chi connectivity index (χ1) is 6.68. The minimum absolute atomic E-state index is 0.425. The maximum absolute atomic E-state index is 12.6. The topological polar surface area (TPSA) is 29.3 Å². The Bertz CT molecular complexity index is 339. The SMILES string of the molecule is Nc1ccc2c(c1)CCCN2C(F)F. The first-order valence-electron chi connectivity index (χ1n) is 4.61. The van der Waals surface area contributed by atoms with Gasteiger partial charge in [0.05, 0.1) is 0 Å². The van der Waals surface area contributed by atoms with E-state index in [0.29, 0.717) is 17.9 Å². The molecule has 2 rings (SSSR count). The van der Waals surface area contributed by atoms with Gasteiger partial charge >= 0.3 is 6.55 Å². The van der Waals surface area contributed by atoms with E-state index in [-0.39, 0.29) is 0 Å². The van der Waals surface area contributed by atoms with Gasteiger partial charge in [-0.3, -0.25) is 0 Å². The Morgan fingerprint density at radius 3 is 2.86 bits per heavy atom. The minimum atomic E-state index is -2.42. The number of benzene rings is 1. The molecule has 2 N–H and O–H groups in total. The van der Waals surface area contributed by atoms with Crippen LogP contribution in [0.15, 0.2) is 18.2 Å². The van der Waals surface area contributed by atoms with Gasteiger partial charge in [0.15, 0.2) is 0 Å². The second-order valence-corrected chi connectivity index (χ2v) is 3.46. The van der Waals surface area contributed by atoms with E-state index in [1.54, 1.807) is 18.2 Å². The van der Waals surface area contributed by atoms with E-state index >= 15 is 0 Å². The van der Waals surface area contributed by atoms with Gasteiger partial charge in [-0.25, -0.2) is 0 Å². The lowest BCUT2D eigenvalue weighted by molar-refractivity contribution is 0.140. The van der Waals surface area contributed by atoms with E-state index in [4.69, 9.17) is 5.73 Å². The molecule has 0 radical (unpaired) electrons. The molecular weight excluding hydrogens is 186 g/mol. The van der Waals surface area contributed by atoms with Gasteiger partial charge in [-0.15, -0.1) is 0 Å². The van der Waals surface area contributed by atoms with Crippen LogP contribution in [0.25, 0.3) is 0 Å². The first-order valence-corrected chi connectivity index (χ1v) is 4.61. The number of nitrogens with zero attached hydrogens (tertiary/aromatic N) is 1. The zero-order valence-electron chi connectivity index (χ0n) is 7.71. The molecule has 0 bridgehead atoms. The third-order valence-electron chi connectivity index (χ3n) is 2.49. The summed E-state index contributed by atoms with van der Waals surface area (Å²) in [5, 5.41) is 0. The lowest BCUT2D eigenvalue weighted by atomic mass is 10.0. The van der Waals surface area contributed by atoms with Crippen LogP contribution in [0, 0.1) is 0 Å². The molecule has 0 unspecified atom stereocenters. The third kappa shape index (κ3) is 1.52. The third-order valence-corrected chi connectivity index (χ3v) is 2.49. The zero-order chi connectivity index (χ0) is 10.1. The highest BCUT2D eigenvalue weighted by Crippen LogP contribution is 2.30. The Labute approximate surface area is 81.3 Å². The average Bonchev–Trinajstić information content (AvgIpc) is 2.16. The van der Waals surface area contributed by atoms with Gasteiger partial charge in [0.25, 0.3) is 0 Å². The number of rotatable bonds is 1. The van der Waals surface area contributed by atoms with Crippen LogP contribution in [0.2, 0.25) is 0 Å². The van der Waals surface area contributed by atoms with E-state index in [1.807, 2.05) is 0 Å². The molecular formula is C10H12F2N2. The predicted molar refractivity (Wildman–Crippen MR) is 52.5 cm³/mol. The van der Waals surface area contributed by atoms with E-state index < -0.39 is 6.55 Å². The van der Waals surface area contributed by atoms with Crippen LogP contribution in [0.3, 0.4) is 0 Å². The fraction of sp³-hybridized carbons (Fsp3) is 0.400. The van der Waals surface area contributed by atoms with E-state index in [0.717, 1.165) is 23.3 Å². The molecule has 14 heavy (non-hydrogen) atoms. The van der Waals surface area contributed by atoms with Gasteiger partial charge in [0.2, 0.25) is 0 Å². The summed E-state index contributed by atoms with van der Waals surface area (Å²) in [7, 11) is 0. The van der Waals surface area contributed by atoms with Crippen LogP contribution in [-0.4, -0.2) is 13.1 Å². The fourth-order valence-electron chi connectivity index (χ4n) is 1.85. The van der Waals surface area contributed by atoms with E-state index in [9.17, 15) is 8.78 Å². The van der Waals surface area contributed by atoms with Crippen LogP contribution in [-0.2, 0) is 6.42 Å². The zero-order valence-corrected chi connectivity index (χ0v) is 7.71. The van der Waals surface area contributed by atoms with Crippen LogP contribution >= 0.6 is 0 Å². The highest BCUT2D eigenvalue weighted by atomic mass is 19.3. The second-order valence-electron chi connectivity index (χ2n) is 3.46. The Morgan fingerprint density at radius 1 is 1.36 bits per heavy atom. The summed E-state index contributed by atoms with van der Waals surface area (Å²) in [6.45, 7) is -1.99. The highest BCUT2D eigenvalue weighted by molar-refractivity contribution is 5.61. The summed E-state index contributed by atoms with van der Waals surface area (Å²) in [5.74, 6) is 0. The van der Waals surface area contributed by atoms with Gasteiger partial charge < -0.3 is 10.6 Å². The van der Waals surface area contributed by atoms with Crippen molar-refractivity contribution in [1.29, 1.82) is 0 Å². The number of alkyl halides is 2. The summed E-state index contributed by atoms with van der Waals surface area (Å²) in [6, 6.07) is 5.12. The van der Waals surface area contributed by atoms with Crippen molar-refractivity contribution in [3.8, 4) is 0 Å². The highest BCUT2D eigenvalue weighted by Gasteiger charge is 2.22. The van der Waals surface area contributed by atoms with E-state index in [2.05, 4.69) is 0 Å². The molecule has 1 aliphatic heterocycles. The van der Waals surface area contributed by atoms with Crippen LogP contribution in [0.4, 0.5) is 20.2 Å². The molecule has 4 heteroatoms. The average molecular weight is 198 g/mol. The maximum Gasteiger partial charge on any atom is 0.315 e. The Morgan fingerprint density at radius 2 is 2.14 bits per heavy atom. The molecule has 2 nitrogen and oxygen atoms in total. The Hall–Kier alpha value is -1.32. The van der Waals surface area contributed by atoms with Crippen molar-refractivity contribution in [1.82, 2.24) is 0 Å². The lowest BCUT2D eigenvalue weighted by Gasteiger charge is -2.30. The normalized spacial score (nSPS) is 15.8. The molecule has 0 fully saturated rings. The van der Waals surface area contributed by atoms with Crippen LogP contribution in [0.1, 0.15) is 12.0 Å². The molecule has 1 heterocycles. The summed E-state index contributed by atoms with van der Waals surface area (Å²) < 4.78 is 25.2. The fourth-order valence-corrected chi connectivity index (χ4v) is 1.85. The number of nitrogen functional groups attached to an aromatic ring is 1. The van der Waals surface area contributed by atoms with Crippen molar-refractivity contribution in [2.45, 2.75) is 19.4 Å². The van der Waals surface area contributed by atoms with Crippen molar-refractivity contribution in [3.63, 3.8) is 0 Å². The molecule has 1 aromatic rings. The Kier molecular flexibility index (Phi) is 2.27. The number of hydrogen-bond acceptors (Lipinski definition) is 2. The van der Waals surface area contributed by atoms with E-state index in [1.165, 1.54) is 0 Å². The molecule has 0 aliphatic carbocycles. The monoisotopic (exact) mass is 198 g/mol. The summed E-state index contributed by atoms with van der Waals surface area (Å²) in [6.07, 6.45) is 1.60. The predicted octanol–water partition coefficient (Wildman–Crippen LogP) is 2.24. The largest absolute Gasteiger partial charge is 0.399 e. The quantitative estimate of drug-likeness (QED) is 0.554. The molecule has 0 saturated carbocycles. The molecule has 0 atom stereocenters. The molecule has 0 spiro atoms. The smallest absolute Gasteiger partial charge is 0.315 e. The molecule has 0 aromatic heterocycles. The van der Waals surface area contributed by atoms with Crippen molar-refractivity contribution in [2.75, 3.05) is 17.2 Å². The number of fused-ring (bicyclic) bond motifs is 1. The molecule has 0 saturated heterocycles. The first kappa shape index (κ1) is 9.24. The van der Waals surface area contributed by atoms with Crippen LogP contribution < -0.4 is 10.6 Å².